The molecule has 0 radical (unpaired) electrons. The van der Waals surface area contributed by atoms with Crippen LogP contribution in [0.25, 0.3) is 11.4 Å². The fourth-order valence-electron chi connectivity index (χ4n) is 1.52. The summed E-state index contributed by atoms with van der Waals surface area (Å²) in [4.78, 5) is 8.78. The maximum absolute atomic E-state index is 13.1. The maximum Gasteiger partial charge on any atom is 0.162 e. The van der Waals surface area contributed by atoms with Gasteiger partial charge in [0.25, 0.3) is 0 Å². The highest BCUT2D eigenvalue weighted by atomic mass is 79.9. The van der Waals surface area contributed by atoms with Crippen molar-refractivity contribution in [1.82, 2.24) is 9.97 Å². The second-order valence-electron chi connectivity index (χ2n) is 3.67. The van der Waals surface area contributed by atoms with E-state index in [1.807, 2.05) is 6.92 Å². The highest BCUT2D eigenvalue weighted by molar-refractivity contribution is 9.11. The summed E-state index contributed by atoms with van der Waals surface area (Å²) < 4.78 is 14.5. The minimum atomic E-state index is -0.298. The van der Waals surface area contributed by atoms with Crippen molar-refractivity contribution in [3.05, 3.63) is 38.7 Å². The summed E-state index contributed by atoms with van der Waals surface area (Å²) in [5.74, 6) is 0.953. The van der Waals surface area contributed by atoms with E-state index in [9.17, 15) is 4.39 Å². The van der Waals surface area contributed by atoms with Crippen LogP contribution in [0.15, 0.2) is 27.1 Å². The quantitative estimate of drug-likeness (QED) is 0.857. The molecule has 1 N–H and O–H groups in total. The Morgan fingerprint density at radius 3 is 2.56 bits per heavy atom. The monoisotopic (exact) mass is 373 g/mol. The number of aryl methyl sites for hydroxylation is 1. The largest absolute Gasteiger partial charge is 0.372 e. The Labute approximate surface area is 121 Å². The number of hydrogen-bond donors (Lipinski definition) is 1. The zero-order valence-corrected chi connectivity index (χ0v) is 12.9. The highest BCUT2D eigenvalue weighted by Gasteiger charge is 2.12. The molecule has 3 nitrogen and oxygen atoms in total. The summed E-state index contributed by atoms with van der Waals surface area (Å²) in [6.07, 6.45) is 0. The molecule has 0 aliphatic carbocycles. The zero-order valence-electron chi connectivity index (χ0n) is 9.76. The Bertz CT molecular complexity index is 602. The van der Waals surface area contributed by atoms with E-state index in [2.05, 4.69) is 47.1 Å². The van der Waals surface area contributed by atoms with Crippen molar-refractivity contribution in [3.8, 4) is 11.4 Å². The fourth-order valence-corrected chi connectivity index (χ4v) is 2.42. The summed E-state index contributed by atoms with van der Waals surface area (Å²) in [7, 11) is 1.79. The molecule has 0 bridgehead atoms. The van der Waals surface area contributed by atoms with Crippen molar-refractivity contribution in [2.45, 2.75) is 6.92 Å². The highest BCUT2D eigenvalue weighted by Crippen LogP contribution is 2.30. The van der Waals surface area contributed by atoms with E-state index in [0.29, 0.717) is 16.1 Å². The molecule has 0 amide bonds. The van der Waals surface area contributed by atoms with Crippen LogP contribution in [0.5, 0.6) is 0 Å². The van der Waals surface area contributed by atoms with Gasteiger partial charge in [0, 0.05) is 17.1 Å². The van der Waals surface area contributed by atoms with Crippen molar-refractivity contribution in [3.63, 3.8) is 0 Å². The molecule has 0 fully saturated rings. The van der Waals surface area contributed by atoms with Gasteiger partial charge in [-0.2, -0.15) is 0 Å². The van der Waals surface area contributed by atoms with Gasteiger partial charge >= 0.3 is 0 Å². The SMILES string of the molecule is CNc1nc(-c2ccc(F)cc2Br)nc(C)c1Br. The normalized spacial score (nSPS) is 10.5. The topological polar surface area (TPSA) is 37.8 Å². The molecule has 2 rings (SSSR count). The van der Waals surface area contributed by atoms with E-state index < -0.39 is 0 Å². The number of hydrogen-bond acceptors (Lipinski definition) is 3. The summed E-state index contributed by atoms with van der Waals surface area (Å²) in [6.45, 7) is 1.88. The molecule has 1 aromatic heterocycles. The summed E-state index contributed by atoms with van der Waals surface area (Å²) in [6, 6.07) is 4.44. The lowest BCUT2D eigenvalue weighted by molar-refractivity contribution is 0.627. The van der Waals surface area contributed by atoms with Gasteiger partial charge in [0.15, 0.2) is 5.82 Å². The number of anilines is 1. The smallest absolute Gasteiger partial charge is 0.162 e. The molecule has 1 heterocycles. The van der Waals surface area contributed by atoms with Crippen LogP contribution in [0.3, 0.4) is 0 Å². The molecule has 0 saturated carbocycles. The Hall–Kier alpha value is -1.01. The van der Waals surface area contributed by atoms with Gasteiger partial charge in [0.05, 0.1) is 10.2 Å². The van der Waals surface area contributed by atoms with Gasteiger partial charge in [0.2, 0.25) is 0 Å². The molecule has 0 saturated heterocycles. The van der Waals surface area contributed by atoms with Gasteiger partial charge in [-0.15, -0.1) is 0 Å². The van der Waals surface area contributed by atoms with Crippen LogP contribution in [0.4, 0.5) is 10.2 Å². The number of rotatable bonds is 2. The van der Waals surface area contributed by atoms with Crippen LogP contribution < -0.4 is 5.32 Å². The van der Waals surface area contributed by atoms with Gasteiger partial charge in [-0.3, -0.25) is 0 Å². The molecule has 0 atom stereocenters. The van der Waals surface area contributed by atoms with Crippen LogP contribution >= 0.6 is 31.9 Å². The molecular weight excluding hydrogens is 365 g/mol. The molecule has 0 unspecified atom stereocenters. The Morgan fingerprint density at radius 2 is 1.94 bits per heavy atom. The second kappa shape index (κ2) is 5.32. The van der Waals surface area contributed by atoms with Crippen molar-refractivity contribution < 1.29 is 4.39 Å². The summed E-state index contributed by atoms with van der Waals surface area (Å²) in [5.41, 5.74) is 1.57. The minimum absolute atomic E-state index is 0.298. The molecule has 94 valence electrons. The predicted molar refractivity (Wildman–Crippen MR) is 77.1 cm³/mol. The lowest BCUT2D eigenvalue weighted by atomic mass is 10.2. The van der Waals surface area contributed by atoms with Gasteiger partial charge in [-0.1, -0.05) is 0 Å². The molecule has 0 aliphatic rings. The number of nitrogens with one attached hydrogen (secondary N) is 1. The van der Waals surface area contributed by atoms with E-state index in [1.54, 1.807) is 13.1 Å². The lowest BCUT2D eigenvalue weighted by Gasteiger charge is -2.09. The molecule has 18 heavy (non-hydrogen) atoms. The number of halogens is 3. The van der Waals surface area contributed by atoms with Gasteiger partial charge in [0.1, 0.15) is 11.6 Å². The third kappa shape index (κ3) is 2.54. The molecular formula is C12H10Br2FN3. The first-order chi connectivity index (χ1) is 8.52. The van der Waals surface area contributed by atoms with E-state index in [-0.39, 0.29) is 5.82 Å². The van der Waals surface area contributed by atoms with E-state index in [0.717, 1.165) is 15.7 Å². The standard InChI is InChI=1S/C12H10Br2FN3/c1-6-10(14)12(16-2)18-11(17-6)8-4-3-7(15)5-9(8)13/h3-5H,1-2H3,(H,16,17,18). The van der Waals surface area contributed by atoms with Gasteiger partial charge in [-0.25, -0.2) is 14.4 Å². The number of nitrogens with zero attached hydrogens (tertiary/aromatic N) is 2. The Balaban J connectivity index is 2.60. The first-order valence-corrected chi connectivity index (χ1v) is 6.79. The van der Waals surface area contributed by atoms with Crippen LogP contribution in [-0.2, 0) is 0 Å². The third-order valence-electron chi connectivity index (χ3n) is 2.43. The molecule has 6 heteroatoms. The second-order valence-corrected chi connectivity index (χ2v) is 5.32. The number of aromatic nitrogens is 2. The fraction of sp³-hybridized carbons (Fsp3) is 0.167. The molecule has 2 aromatic rings. The third-order valence-corrected chi connectivity index (χ3v) is 4.03. The first kappa shape index (κ1) is 13.4. The van der Waals surface area contributed by atoms with Crippen LogP contribution in [0, 0.1) is 12.7 Å². The van der Waals surface area contributed by atoms with Crippen molar-refractivity contribution in [2.75, 3.05) is 12.4 Å². The zero-order chi connectivity index (χ0) is 13.3. The van der Waals surface area contributed by atoms with Gasteiger partial charge in [-0.05, 0) is 57.0 Å². The van der Waals surface area contributed by atoms with Crippen LogP contribution in [0.2, 0.25) is 0 Å². The van der Waals surface area contributed by atoms with Crippen molar-refractivity contribution in [1.29, 1.82) is 0 Å². The van der Waals surface area contributed by atoms with Crippen molar-refractivity contribution >= 4 is 37.7 Å². The minimum Gasteiger partial charge on any atom is -0.372 e. The molecule has 0 aliphatic heterocycles. The lowest BCUT2D eigenvalue weighted by Crippen LogP contribution is -2.01. The van der Waals surface area contributed by atoms with Crippen LogP contribution in [-0.4, -0.2) is 17.0 Å². The average Bonchev–Trinajstić information content (AvgIpc) is 2.32. The van der Waals surface area contributed by atoms with Gasteiger partial charge < -0.3 is 5.32 Å². The van der Waals surface area contributed by atoms with Crippen molar-refractivity contribution in [2.24, 2.45) is 0 Å². The Kier molecular flexibility index (Phi) is 3.97. The predicted octanol–water partition coefficient (Wildman–Crippen LogP) is 4.16. The summed E-state index contributed by atoms with van der Waals surface area (Å²) in [5, 5.41) is 2.99. The van der Waals surface area contributed by atoms with E-state index in [4.69, 9.17) is 0 Å². The summed E-state index contributed by atoms with van der Waals surface area (Å²) >= 11 is 6.74. The first-order valence-electron chi connectivity index (χ1n) is 5.20. The molecule has 0 spiro atoms. The van der Waals surface area contributed by atoms with E-state index in [1.165, 1.54) is 12.1 Å². The average molecular weight is 375 g/mol. The molecule has 1 aromatic carbocycles. The maximum atomic E-state index is 13.1. The van der Waals surface area contributed by atoms with Crippen LogP contribution in [0.1, 0.15) is 5.69 Å². The van der Waals surface area contributed by atoms with E-state index >= 15 is 0 Å². The number of benzene rings is 1. The Morgan fingerprint density at radius 1 is 1.22 bits per heavy atom.